The van der Waals surface area contributed by atoms with Crippen LogP contribution in [0.3, 0.4) is 0 Å². The number of hydrazone groups is 1. The molecule has 2 aromatic carbocycles. The van der Waals surface area contributed by atoms with Crippen LogP contribution in [-0.2, 0) is 9.59 Å². The molecule has 2 rings (SSSR count). The fourth-order valence-corrected chi connectivity index (χ4v) is 2.30. The fraction of sp³-hybridized carbons (Fsp3) is 0.118. The van der Waals surface area contributed by atoms with E-state index in [1.807, 2.05) is 0 Å². The number of hydrogen-bond donors (Lipinski definition) is 2. The van der Waals surface area contributed by atoms with Gasteiger partial charge in [-0.15, -0.1) is 0 Å². The third kappa shape index (κ3) is 6.17. The second kappa shape index (κ2) is 9.15. The number of halogens is 3. The summed E-state index contributed by atoms with van der Waals surface area (Å²) in [4.78, 5) is 23.4. The first-order valence-corrected chi connectivity index (χ1v) is 8.02. The van der Waals surface area contributed by atoms with Gasteiger partial charge in [0.05, 0.1) is 16.9 Å². The second-order valence-corrected chi connectivity index (χ2v) is 5.83. The predicted molar refractivity (Wildman–Crippen MR) is 96.5 cm³/mol. The van der Waals surface area contributed by atoms with E-state index in [4.69, 9.17) is 23.2 Å². The van der Waals surface area contributed by atoms with E-state index in [1.54, 1.807) is 24.3 Å². The van der Waals surface area contributed by atoms with Gasteiger partial charge in [-0.1, -0.05) is 41.4 Å². The predicted octanol–water partition coefficient (Wildman–Crippen LogP) is 4.00. The Bertz CT molecular complexity index is 812. The largest absolute Gasteiger partial charge is 0.324 e. The maximum Gasteiger partial charge on any atom is 0.240 e. The van der Waals surface area contributed by atoms with Crippen molar-refractivity contribution in [3.8, 4) is 0 Å². The number of nitrogens with zero attached hydrogens (tertiary/aromatic N) is 1. The number of nitrogens with one attached hydrogen (secondary N) is 2. The van der Waals surface area contributed by atoms with Crippen molar-refractivity contribution in [1.29, 1.82) is 0 Å². The zero-order valence-electron chi connectivity index (χ0n) is 12.9. The van der Waals surface area contributed by atoms with E-state index in [2.05, 4.69) is 15.8 Å². The van der Waals surface area contributed by atoms with Crippen molar-refractivity contribution in [2.24, 2.45) is 5.10 Å². The molecule has 5 nitrogen and oxygen atoms in total. The molecule has 2 amide bonds. The molecule has 0 bridgehead atoms. The van der Waals surface area contributed by atoms with E-state index >= 15 is 0 Å². The number of benzene rings is 2. The van der Waals surface area contributed by atoms with E-state index in [-0.39, 0.29) is 18.5 Å². The first kappa shape index (κ1) is 18.9. The van der Waals surface area contributed by atoms with Crippen molar-refractivity contribution >= 4 is 46.9 Å². The van der Waals surface area contributed by atoms with Crippen LogP contribution >= 0.6 is 23.2 Å². The third-order valence-electron chi connectivity index (χ3n) is 3.08. The minimum absolute atomic E-state index is 0.0725. The second-order valence-electron chi connectivity index (χ2n) is 4.99. The van der Waals surface area contributed by atoms with Crippen LogP contribution in [0.4, 0.5) is 10.1 Å². The molecular formula is C17H14Cl2FN3O2. The van der Waals surface area contributed by atoms with Gasteiger partial charge in [0, 0.05) is 23.4 Å². The SMILES string of the molecule is O=C(CCC(=O)Nc1ccccc1F)NN=Cc1ccc(Cl)cc1Cl. The Kier molecular flexibility index (Phi) is 6.91. The topological polar surface area (TPSA) is 70.6 Å². The molecule has 8 heteroatoms. The Hall–Kier alpha value is -2.44. The van der Waals surface area contributed by atoms with Crippen molar-refractivity contribution in [2.45, 2.75) is 12.8 Å². The number of carbonyl (C=O) groups is 2. The molecular weight excluding hydrogens is 368 g/mol. The Labute approximate surface area is 153 Å². The van der Waals surface area contributed by atoms with Crippen molar-refractivity contribution in [3.05, 3.63) is 63.9 Å². The quantitative estimate of drug-likeness (QED) is 0.586. The summed E-state index contributed by atoms with van der Waals surface area (Å²) in [5, 5.41) is 7.05. The lowest BCUT2D eigenvalue weighted by atomic mass is 10.2. The fourth-order valence-electron chi connectivity index (χ4n) is 1.84. The number of carbonyl (C=O) groups excluding carboxylic acids is 2. The zero-order valence-corrected chi connectivity index (χ0v) is 14.4. The van der Waals surface area contributed by atoms with Crippen LogP contribution in [0.5, 0.6) is 0 Å². The van der Waals surface area contributed by atoms with Gasteiger partial charge in [0.1, 0.15) is 5.82 Å². The zero-order chi connectivity index (χ0) is 18.2. The lowest BCUT2D eigenvalue weighted by Crippen LogP contribution is -2.21. The molecule has 0 unspecified atom stereocenters. The van der Waals surface area contributed by atoms with Crippen LogP contribution in [0.25, 0.3) is 0 Å². The first-order chi connectivity index (χ1) is 12.0. The molecule has 0 aliphatic carbocycles. The molecule has 0 heterocycles. The van der Waals surface area contributed by atoms with Crippen LogP contribution < -0.4 is 10.7 Å². The molecule has 0 saturated heterocycles. The summed E-state index contributed by atoms with van der Waals surface area (Å²) in [7, 11) is 0. The van der Waals surface area contributed by atoms with Gasteiger partial charge in [-0.2, -0.15) is 5.10 Å². The third-order valence-corrected chi connectivity index (χ3v) is 3.64. The van der Waals surface area contributed by atoms with E-state index in [9.17, 15) is 14.0 Å². The maximum absolute atomic E-state index is 13.4. The highest BCUT2D eigenvalue weighted by atomic mass is 35.5. The Morgan fingerprint density at radius 1 is 1.08 bits per heavy atom. The summed E-state index contributed by atoms with van der Waals surface area (Å²) in [6.07, 6.45) is 1.18. The summed E-state index contributed by atoms with van der Waals surface area (Å²) in [5.74, 6) is -1.46. The molecule has 0 aromatic heterocycles. The lowest BCUT2D eigenvalue weighted by molar-refractivity contribution is -0.124. The molecule has 0 aliphatic rings. The van der Waals surface area contributed by atoms with Crippen molar-refractivity contribution in [2.75, 3.05) is 5.32 Å². The highest BCUT2D eigenvalue weighted by Crippen LogP contribution is 2.19. The van der Waals surface area contributed by atoms with Gasteiger partial charge in [-0.25, -0.2) is 9.82 Å². The highest BCUT2D eigenvalue weighted by molar-refractivity contribution is 6.36. The molecule has 2 N–H and O–H groups in total. The average Bonchev–Trinajstić information content (AvgIpc) is 2.57. The number of anilines is 1. The minimum atomic E-state index is -0.537. The van der Waals surface area contributed by atoms with Gasteiger partial charge in [0.2, 0.25) is 11.8 Å². The van der Waals surface area contributed by atoms with E-state index in [0.717, 1.165) is 0 Å². The van der Waals surface area contributed by atoms with E-state index in [0.29, 0.717) is 15.6 Å². The molecule has 0 radical (unpaired) electrons. The summed E-state index contributed by atoms with van der Waals surface area (Å²) < 4.78 is 13.4. The molecule has 2 aromatic rings. The summed E-state index contributed by atoms with van der Waals surface area (Å²) in [5.41, 5.74) is 2.95. The van der Waals surface area contributed by atoms with Crippen LogP contribution in [0, 0.1) is 5.82 Å². The monoisotopic (exact) mass is 381 g/mol. The average molecular weight is 382 g/mol. The van der Waals surface area contributed by atoms with Crippen LogP contribution in [0.2, 0.25) is 10.0 Å². The molecule has 0 saturated carbocycles. The number of rotatable bonds is 6. The van der Waals surface area contributed by atoms with Crippen molar-refractivity contribution in [3.63, 3.8) is 0 Å². The van der Waals surface area contributed by atoms with Gasteiger partial charge in [0.25, 0.3) is 0 Å². The summed E-state index contributed by atoms with van der Waals surface area (Å²) >= 11 is 11.7. The molecule has 0 fully saturated rings. The summed E-state index contributed by atoms with van der Waals surface area (Å²) in [6.45, 7) is 0. The summed E-state index contributed by atoms with van der Waals surface area (Å²) in [6, 6.07) is 10.6. The Balaban J connectivity index is 1.77. The van der Waals surface area contributed by atoms with Gasteiger partial charge in [-0.05, 0) is 24.3 Å². The Morgan fingerprint density at radius 2 is 1.80 bits per heavy atom. The smallest absolute Gasteiger partial charge is 0.240 e. The molecule has 0 spiro atoms. The maximum atomic E-state index is 13.4. The minimum Gasteiger partial charge on any atom is -0.324 e. The van der Waals surface area contributed by atoms with E-state index in [1.165, 1.54) is 24.4 Å². The highest BCUT2D eigenvalue weighted by Gasteiger charge is 2.09. The number of hydrogen-bond acceptors (Lipinski definition) is 3. The standard InChI is InChI=1S/C17H14Cl2FN3O2/c18-12-6-5-11(13(19)9-12)10-21-23-17(25)8-7-16(24)22-15-4-2-1-3-14(15)20/h1-6,9-10H,7-8H2,(H,22,24)(H,23,25). The van der Waals surface area contributed by atoms with E-state index < -0.39 is 17.6 Å². The van der Waals surface area contributed by atoms with Gasteiger partial charge in [-0.3, -0.25) is 9.59 Å². The molecule has 25 heavy (non-hydrogen) atoms. The van der Waals surface area contributed by atoms with Gasteiger partial charge >= 0.3 is 0 Å². The normalized spacial score (nSPS) is 10.7. The molecule has 130 valence electrons. The first-order valence-electron chi connectivity index (χ1n) is 7.27. The number of amides is 2. The van der Waals surface area contributed by atoms with Gasteiger partial charge in [0.15, 0.2) is 0 Å². The molecule has 0 aliphatic heterocycles. The Morgan fingerprint density at radius 3 is 2.52 bits per heavy atom. The van der Waals surface area contributed by atoms with Crippen LogP contribution in [-0.4, -0.2) is 18.0 Å². The van der Waals surface area contributed by atoms with Crippen molar-refractivity contribution < 1.29 is 14.0 Å². The van der Waals surface area contributed by atoms with Crippen molar-refractivity contribution in [1.82, 2.24) is 5.43 Å². The van der Waals surface area contributed by atoms with Crippen LogP contribution in [0.1, 0.15) is 18.4 Å². The van der Waals surface area contributed by atoms with Gasteiger partial charge < -0.3 is 5.32 Å². The molecule has 0 atom stereocenters. The lowest BCUT2D eigenvalue weighted by Gasteiger charge is -2.05. The number of para-hydroxylation sites is 1. The van der Waals surface area contributed by atoms with Crippen LogP contribution in [0.15, 0.2) is 47.6 Å².